The summed E-state index contributed by atoms with van der Waals surface area (Å²) >= 11 is 5.95. The second-order valence-electron chi connectivity index (χ2n) is 4.20. The normalized spacial score (nSPS) is 10.0. The first-order valence-corrected chi connectivity index (χ1v) is 6.39. The first-order valence-electron chi connectivity index (χ1n) is 6.02. The van der Waals surface area contributed by atoms with E-state index in [0.29, 0.717) is 30.1 Å². The molecule has 104 valence electrons. The zero-order chi connectivity index (χ0) is 14.3. The van der Waals surface area contributed by atoms with Crippen molar-refractivity contribution < 1.29 is 14.7 Å². The van der Waals surface area contributed by atoms with E-state index in [1.807, 2.05) is 13.0 Å². The SMILES string of the molecule is Cc1ccc(NC(=O)NCCCCC(=O)O)cc1Cl. The van der Waals surface area contributed by atoms with Crippen molar-refractivity contribution in [1.82, 2.24) is 5.32 Å². The van der Waals surface area contributed by atoms with E-state index < -0.39 is 5.97 Å². The van der Waals surface area contributed by atoms with Crippen LogP contribution in [0.15, 0.2) is 18.2 Å². The largest absolute Gasteiger partial charge is 0.481 e. The van der Waals surface area contributed by atoms with E-state index in [9.17, 15) is 9.59 Å². The summed E-state index contributed by atoms with van der Waals surface area (Å²) in [5, 5.41) is 14.4. The molecule has 0 atom stereocenters. The predicted octanol–water partition coefficient (Wildman–Crippen LogP) is 3.02. The Morgan fingerprint density at radius 3 is 2.68 bits per heavy atom. The minimum absolute atomic E-state index is 0.122. The molecule has 0 radical (unpaired) electrons. The maximum atomic E-state index is 11.5. The molecular weight excluding hydrogens is 268 g/mol. The average Bonchev–Trinajstić information content (AvgIpc) is 2.33. The Kier molecular flexibility index (Phi) is 6.15. The molecule has 2 amide bonds. The van der Waals surface area contributed by atoms with Gasteiger partial charge < -0.3 is 15.7 Å². The Morgan fingerprint density at radius 1 is 1.32 bits per heavy atom. The van der Waals surface area contributed by atoms with Crippen LogP contribution >= 0.6 is 11.6 Å². The lowest BCUT2D eigenvalue weighted by molar-refractivity contribution is -0.137. The van der Waals surface area contributed by atoms with Gasteiger partial charge in [-0.2, -0.15) is 0 Å². The van der Waals surface area contributed by atoms with Crippen molar-refractivity contribution in [1.29, 1.82) is 0 Å². The van der Waals surface area contributed by atoms with E-state index in [-0.39, 0.29) is 12.5 Å². The van der Waals surface area contributed by atoms with E-state index in [1.54, 1.807) is 12.1 Å². The minimum atomic E-state index is -0.821. The third kappa shape index (κ3) is 6.10. The number of amides is 2. The molecule has 0 spiro atoms. The monoisotopic (exact) mass is 284 g/mol. The highest BCUT2D eigenvalue weighted by atomic mass is 35.5. The second kappa shape index (κ2) is 7.63. The van der Waals surface area contributed by atoms with Crippen LogP contribution in [0, 0.1) is 6.92 Å². The van der Waals surface area contributed by atoms with Gasteiger partial charge in [0.05, 0.1) is 0 Å². The fraction of sp³-hybridized carbons (Fsp3) is 0.385. The van der Waals surface area contributed by atoms with Gasteiger partial charge in [-0.1, -0.05) is 17.7 Å². The summed E-state index contributed by atoms with van der Waals surface area (Å²) in [6.45, 7) is 2.33. The molecule has 0 aliphatic rings. The molecule has 1 rings (SSSR count). The Hall–Kier alpha value is -1.75. The Labute approximate surface area is 117 Å². The summed E-state index contributed by atoms with van der Waals surface area (Å²) in [5.74, 6) is -0.821. The lowest BCUT2D eigenvalue weighted by Crippen LogP contribution is -2.29. The maximum Gasteiger partial charge on any atom is 0.319 e. The van der Waals surface area contributed by atoms with E-state index in [0.717, 1.165) is 5.56 Å². The molecule has 19 heavy (non-hydrogen) atoms. The highest BCUT2D eigenvalue weighted by Gasteiger charge is 2.03. The number of urea groups is 1. The van der Waals surface area contributed by atoms with Gasteiger partial charge in [-0.25, -0.2) is 4.79 Å². The molecule has 0 aliphatic heterocycles. The number of benzene rings is 1. The molecule has 1 aromatic rings. The van der Waals surface area contributed by atoms with Crippen LogP contribution < -0.4 is 10.6 Å². The lowest BCUT2D eigenvalue weighted by Gasteiger charge is -2.08. The number of carboxylic acids is 1. The molecule has 0 saturated carbocycles. The van der Waals surface area contributed by atoms with Crippen LogP contribution in [-0.4, -0.2) is 23.7 Å². The van der Waals surface area contributed by atoms with Crippen molar-refractivity contribution in [3.63, 3.8) is 0 Å². The number of nitrogens with one attached hydrogen (secondary N) is 2. The third-order valence-corrected chi connectivity index (χ3v) is 2.94. The first-order chi connectivity index (χ1) is 8.99. The number of carbonyl (C=O) groups excluding carboxylic acids is 1. The van der Waals surface area contributed by atoms with Gasteiger partial charge in [0.15, 0.2) is 0 Å². The van der Waals surface area contributed by atoms with E-state index in [1.165, 1.54) is 0 Å². The third-order valence-electron chi connectivity index (χ3n) is 2.53. The molecule has 0 bridgehead atoms. The zero-order valence-electron chi connectivity index (χ0n) is 10.7. The van der Waals surface area contributed by atoms with Gasteiger partial charge in [0.25, 0.3) is 0 Å². The fourth-order valence-electron chi connectivity index (χ4n) is 1.45. The number of anilines is 1. The molecular formula is C13H17ClN2O3. The average molecular weight is 285 g/mol. The molecule has 0 saturated heterocycles. The van der Waals surface area contributed by atoms with Gasteiger partial charge in [-0.15, -0.1) is 0 Å². The molecule has 0 heterocycles. The van der Waals surface area contributed by atoms with Crippen LogP contribution in [0.2, 0.25) is 5.02 Å². The number of aryl methyl sites for hydroxylation is 1. The van der Waals surface area contributed by atoms with E-state index in [2.05, 4.69) is 10.6 Å². The Morgan fingerprint density at radius 2 is 2.05 bits per heavy atom. The number of unbranched alkanes of at least 4 members (excludes halogenated alkanes) is 1. The topological polar surface area (TPSA) is 78.4 Å². The van der Waals surface area contributed by atoms with Crippen LogP contribution in [0.3, 0.4) is 0 Å². The summed E-state index contributed by atoms with van der Waals surface area (Å²) in [4.78, 5) is 21.8. The number of carboxylic acid groups (broad SMARTS) is 1. The highest BCUT2D eigenvalue weighted by molar-refractivity contribution is 6.31. The number of hydrogen-bond donors (Lipinski definition) is 3. The van der Waals surface area contributed by atoms with Crippen molar-refractivity contribution in [2.24, 2.45) is 0 Å². The van der Waals surface area contributed by atoms with Gasteiger partial charge in [-0.3, -0.25) is 4.79 Å². The first kappa shape index (κ1) is 15.3. The van der Waals surface area contributed by atoms with Gasteiger partial charge in [0.2, 0.25) is 0 Å². The van der Waals surface area contributed by atoms with Crippen molar-refractivity contribution in [3.8, 4) is 0 Å². The molecule has 0 aromatic heterocycles. The number of halogens is 1. The summed E-state index contributed by atoms with van der Waals surface area (Å²) in [7, 11) is 0. The van der Waals surface area contributed by atoms with Crippen molar-refractivity contribution in [3.05, 3.63) is 28.8 Å². The van der Waals surface area contributed by atoms with Crippen LogP contribution in [0.1, 0.15) is 24.8 Å². The van der Waals surface area contributed by atoms with Crippen LogP contribution in [-0.2, 0) is 4.79 Å². The molecule has 0 fully saturated rings. The Balaban J connectivity index is 2.27. The van der Waals surface area contributed by atoms with Crippen molar-refractivity contribution >= 4 is 29.3 Å². The van der Waals surface area contributed by atoms with Crippen molar-refractivity contribution in [2.75, 3.05) is 11.9 Å². The number of rotatable bonds is 6. The molecule has 6 heteroatoms. The predicted molar refractivity (Wildman–Crippen MR) is 74.7 cm³/mol. The molecule has 1 aromatic carbocycles. The van der Waals surface area contributed by atoms with Gasteiger partial charge >= 0.3 is 12.0 Å². The molecule has 5 nitrogen and oxygen atoms in total. The number of aliphatic carboxylic acids is 1. The summed E-state index contributed by atoms with van der Waals surface area (Å²) in [5.41, 5.74) is 1.57. The van der Waals surface area contributed by atoms with Gasteiger partial charge in [0.1, 0.15) is 0 Å². The fourth-order valence-corrected chi connectivity index (χ4v) is 1.63. The van der Waals surface area contributed by atoms with Crippen LogP contribution in [0.5, 0.6) is 0 Å². The number of hydrogen-bond acceptors (Lipinski definition) is 2. The molecule has 0 unspecified atom stereocenters. The quantitative estimate of drug-likeness (QED) is 0.703. The van der Waals surface area contributed by atoms with E-state index >= 15 is 0 Å². The standard InChI is InChI=1S/C13H17ClN2O3/c1-9-5-6-10(8-11(9)14)16-13(19)15-7-3-2-4-12(17)18/h5-6,8H,2-4,7H2,1H3,(H,17,18)(H2,15,16,19). The summed E-state index contributed by atoms with van der Waals surface area (Å²) in [6.07, 6.45) is 1.30. The molecule has 3 N–H and O–H groups in total. The van der Waals surface area contributed by atoms with Crippen LogP contribution in [0.25, 0.3) is 0 Å². The Bertz CT molecular complexity index is 463. The second-order valence-corrected chi connectivity index (χ2v) is 4.60. The van der Waals surface area contributed by atoms with Gasteiger partial charge in [-0.05, 0) is 37.5 Å². The summed E-state index contributed by atoms with van der Waals surface area (Å²) < 4.78 is 0. The van der Waals surface area contributed by atoms with Crippen LogP contribution in [0.4, 0.5) is 10.5 Å². The molecule has 0 aliphatic carbocycles. The van der Waals surface area contributed by atoms with Crippen molar-refractivity contribution in [2.45, 2.75) is 26.2 Å². The maximum absolute atomic E-state index is 11.5. The zero-order valence-corrected chi connectivity index (χ0v) is 11.5. The minimum Gasteiger partial charge on any atom is -0.481 e. The summed E-state index contributed by atoms with van der Waals surface area (Å²) in [6, 6.07) is 4.95. The lowest BCUT2D eigenvalue weighted by atomic mass is 10.2. The number of carbonyl (C=O) groups is 2. The van der Waals surface area contributed by atoms with Gasteiger partial charge in [0, 0.05) is 23.7 Å². The highest BCUT2D eigenvalue weighted by Crippen LogP contribution is 2.19. The van der Waals surface area contributed by atoms with E-state index in [4.69, 9.17) is 16.7 Å². The smallest absolute Gasteiger partial charge is 0.319 e.